The van der Waals surface area contributed by atoms with Gasteiger partial charge in [-0.25, -0.2) is 4.79 Å². The summed E-state index contributed by atoms with van der Waals surface area (Å²) in [6, 6.07) is 14.5. The molecule has 0 radical (unpaired) electrons. The van der Waals surface area contributed by atoms with Crippen LogP contribution in [-0.4, -0.2) is 30.7 Å². The highest BCUT2D eigenvalue weighted by Crippen LogP contribution is 2.37. The van der Waals surface area contributed by atoms with Crippen molar-refractivity contribution in [1.82, 2.24) is 4.57 Å². The van der Waals surface area contributed by atoms with Gasteiger partial charge in [0.2, 0.25) is 0 Å². The molecule has 0 saturated carbocycles. The molecule has 0 bridgehead atoms. The SMILES string of the molecule is COC(=O)/C=c1\sc2n(c1=O)C(N)=C(C#N)[C@@H](c1cccc(OC)c1)C=2C(=O)Nc1ccc(C)c(C)c1. The Balaban J connectivity index is 2.05. The van der Waals surface area contributed by atoms with Crippen molar-refractivity contribution in [1.29, 1.82) is 5.26 Å². The first kappa shape index (κ1) is 25.5. The zero-order valence-corrected chi connectivity index (χ0v) is 21.4. The number of amides is 1. The number of thiazole rings is 1. The van der Waals surface area contributed by atoms with Crippen LogP contribution < -0.4 is 30.5 Å². The molecule has 0 unspecified atom stereocenters. The summed E-state index contributed by atoms with van der Waals surface area (Å²) in [5, 5.41) is 13.0. The molecule has 2 heterocycles. The van der Waals surface area contributed by atoms with Gasteiger partial charge in [0.25, 0.3) is 11.5 Å². The van der Waals surface area contributed by atoms with E-state index in [1.165, 1.54) is 14.2 Å². The van der Waals surface area contributed by atoms with Crippen LogP contribution in [0.1, 0.15) is 22.6 Å². The molecule has 10 heteroatoms. The summed E-state index contributed by atoms with van der Waals surface area (Å²) in [6.45, 7) is 3.90. The van der Waals surface area contributed by atoms with Crippen molar-refractivity contribution in [2.45, 2.75) is 19.8 Å². The highest BCUT2D eigenvalue weighted by molar-refractivity contribution is 7.07. The van der Waals surface area contributed by atoms with E-state index in [9.17, 15) is 19.6 Å². The Morgan fingerprint density at radius 3 is 2.57 bits per heavy atom. The summed E-state index contributed by atoms with van der Waals surface area (Å²) < 4.78 is 11.4. The van der Waals surface area contributed by atoms with Crippen LogP contribution in [0.15, 0.2) is 52.8 Å². The number of nitrogens with zero attached hydrogens (tertiary/aromatic N) is 2. The molecule has 3 aromatic rings. The standard InChI is InChI=1S/C27H24N4O5S/c1-14-8-9-17(10-15(14)2)30-25(33)23-22(16-6-5-7-18(11-16)35-3)19(13-28)24(29)31-26(34)20(37-27(23)31)12-21(32)36-4/h5-12,22H,29H2,1-4H3,(H,30,33)/b20-12-/t22-/m1/s1. The van der Waals surface area contributed by atoms with Crippen molar-refractivity contribution in [3.63, 3.8) is 0 Å². The predicted molar refractivity (Wildman–Crippen MR) is 141 cm³/mol. The lowest BCUT2D eigenvalue weighted by Crippen LogP contribution is -2.40. The van der Waals surface area contributed by atoms with E-state index in [1.54, 1.807) is 30.3 Å². The van der Waals surface area contributed by atoms with Gasteiger partial charge >= 0.3 is 5.97 Å². The Morgan fingerprint density at radius 2 is 1.92 bits per heavy atom. The average Bonchev–Trinajstić information content (AvgIpc) is 3.21. The Kier molecular flexibility index (Phi) is 7.00. The molecule has 1 atom stereocenters. The second-order valence-electron chi connectivity index (χ2n) is 8.37. The number of hydrogen-bond donors (Lipinski definition) is 2. The second-order valence-corrected chi connectivity index (χ2v) is 9.40. The number of anilines is 1. The summed E-state index contributed by atoms with van der Waals surface area (Å²) in [6.07, 6.45) is 1.04. The number of methoxy groups -OCH3 is 2. The number of nitrogens with one attached hydrogen (secondary N) is 1. The number of nitriles is 1. The zero-order valence-electron chi connectivity index (χ0n) is 20.6. The number of benzene rings is 2. The van der Waals surface area contributed by atoms with Gasteiger partial charge < -0.3 is 20.5 Å². The number of fused-ring (bicyclic) bond motifs is 1. The summed E-state index contributed by atoms with van der Waals surface area (Å²) in [7, 11) is 2.71. The molecule has 37 heavy (non-hydrogen) atoms. The number of rotatable bonds is 5. The zero-order chi connectivity index (χ0) is 26.9. The van der Waals surface area contributed by atoms with Crippen LogP contribution >= 0.6 is 11.3 Å². The average molecular weight is 517 g/mol. The van der Waals surface area contributed by atoms with Crippen molar-refractivity contribution < 1.29 is 19.1 Å². The summed E-state index contributed by atoms with van der Waals surface area (Å²) in [5.41, 5.74) is 9.07. The Bertz CT molecular complexity index is 1690. The highest BCUT2D eigenvalue weighted by atomic mass is 32.1. The first-order chi connectivity index (χ1) is 17.7. The molecule has 0 saturated heterocycles. The summed E-state index contributed by atoms with van der Waals surface area (Å²) in [5.74, 6) is -1.73. The molecule has 4 rings (SSSR count). The lowest BCUT2D eigenvalue weighted by molar-refractivity contribution is -0.133. The number of hydrogen-bond acceptors (Lipinski definition) is 8. The van der Waals surface area contributed by atoms with Crippen molar-refractivity contribution in [3.05, 3.63) is 84.3 Å². The molecule has 0 aliphatic carbocycles. The number of esters is 1. The molecule has 1 aliphatic rings. The molecule has 1 aliphatic heterocycles. The van der Waals surface area contributed by atoms with Crippen LogP contribution in [0.4, 0.5) is 5.69 Å². The number of allylic oxidation sites excluding steroid dienone is 1. The van der Waals surface area contributed by atoms with E-state index >= 15 is 0 Å². The molecule has 0 fully saturated rings. The van der Waals surface area contributed by atoms with Gasteiger partial charge in [-0.3, -0.25) is 14.2 Å². The van der Waals surface area contributed by atoms with Gasteiger partial charge in [0.15, 0.2) is 0 Å². The lowest BCUT2D eigenvalue weighted by Gasteiger charge is -2.25. The molecule has 9 nitrogen and oxygen atoms in total. The summed E-state index contributed by atoms with van der Waals surface area (Å²) >= 11 is 0.924. The first-order valence-electron chi connectivity index (χ1n) is 11.2. The molecular weight excluding hydrogens is 492 g/mol. The van der Waals surface area contributed by atoms with E-state index in [1.807, 2.05) is 26.0 Å². The monoisotopic (exact) mass is 516 g/mol. The Hall–Kier alpha value is -4.62. The van der Waals surface area contributed by atoms with Crippen LogP contribution in [0.2, 0.25) is 0 Å². The molecule has 1 aromatic heterocycles. The van der Waals surface area contributed by atoms with Gasteiger partial charge in [0.05, 0.1) is 37.4 Å². The maximum atomic E-state index is 13.9. The number of ether oxygens (including phenoxy) is 2. The smallest absolute Gasteiger partial charge is 0.332 e. The van der Waals surface area contributed by atoms with E-state index in [0.717, 1.165) is 33.1 Å². The van der Waals surface area contributed by atoms with Crippen molar-refractivity contribution >= 4 is 46.4 Å². The Labute approximate surface area is 216 Å². The second kappa shape index (κ2) is 10.2. The lowest BCUT2D eigenvalue weighted by atomic mass is 9.83. The van der Waals surface area contributed by atoms with E-state index in [-0.39, 0.29) is 26.2 Å². The van der Waals surface area contributed by atoms with Crippen molar-refractivity contribution in [3.8, 4) is 11.8 Å². The molecule has 2 aromatic carbocycles. The van der Waals surface area contributed by atoms with Crippen LogP contribution in [0, 0.1) is 25.2 Å². The topological polar surface area (TPSA) is 136 Å². The highest BCUT2D eigenvalue weighted by Gasteiger charge is 2.36. The molecule has 188 valence electrons. The Morgan fingerprint density at radius 1 is 1.16 bits per heavy atom. The van der Waals surface area contributed by atoms with E-state index in [4.69, 9.17) is 10.5 Å². The number of aromatic nitrogens is 1. The minimum absolute atomic E-state index is 0.0184. The van der Waals surface area contributed by atoms with Gasteiger partial charge in [0, 0.05) is 11.8 Å². The van der Waals surface area contributed by atoms with Gasteiger partial charge in [-0.2, -0.15) is 5.26 Å². The first-order valence-corrected chi connectivity index (χ1v) is 12.0. The van der Waals surface area contributed by atoms with Gasteiger partial charge in [0.1, 0.15) is 20.8 Å². The molecule has 3 N–H and O–H groups in total. The molecular formula is C27H24N4O5S. The fourth-order valence-corrected chi connectivity index (χ4v) is 5.24. The minimum Gasteiger partial charge on any atom is -0.497 e. The largest absolute Gasteiger partial charge is 0.497 e. The van der Waals surface area contributed by atoms with Gasteiger partial charge in [-0.15, -0.1) is 11.3 Å². The minimum atomic E-state index is -0.893. The predicted octanol–water partition coefficient (Wildman–Crippen LogP) is 1.73. The number of aryl methyl sites for hydroxylation is 2. The van der Waals surface area contributed by atoms with Crippen LogP contribution in [0.25, 0.3) is 17.5 Å². The number of carbonyl (C=O) groups is 2. The van der Waals surface area contributed by atoms with Gasteiger partial charge in [-0.1, -0.05) is 18.2 Å². The maximum Gasteiger partial charge on any atom is 0.332 e. The van der Waals surface area contributed by atoms with Crippen LogP contribution in [-0.2, 0) is 14.3 Å². The van der Waals surface area contributed by atoms with Crippen LogP contribution in [0.3, 0.4) is 0 Å². The van der Waals surface area contributed by atoms with Crippen molar-refractivity contribution in [2.24, 2.45) is 5.73 Å². The molecule has 1 amide bonds. The maximum absolute atomic E-state index is 13.9. The quantitative estimate of drug-likeness (QED) is 0.493. The van der Waals surface area contributed by atoms with Crippen molar-refractivity contribution in [2.75, 3.05) is 19.5 Å². The third kappa shape index (κ3) is 4.64. The number of nitrogens with two attached hydrogens (primary N) is 1. The third-order valence-corrected chi connectivity index (χ3v) is 7.26. The fraction of sp³-hybridized carbons (Fsp3) is 0.185. The fourth-order valence-electron chi connectivity index (χ4n) is 4.11. The number of carbonyl (C=O) groups excluding carboxylic acids is 2. The third-order valence-electron chi connectivity index (χ3n) is 6.16. The van der Waals surface area contributed by atoms with Crippen LogP contribution in [0.5, 0.6) is 5.75 Å². The molecule has 0 spiro atoms. The van der Waals surface area contributed by atoms with E-state index < -0.39 is 23.4 Å². The van der Waals surface area contributed by atoms with Gasteiger partial charge in [-0.05, 0) is 54.8 Å². The normalized spacial score (nSPS) is 15.2. The summed E-state index contributed by atoms with van der Waals surface area (Å²) in [4.78, 5) is 39.0. The van der Waals surface area contributed by atoms with E-state index in [0.29, 0.717) is 17.0 Å². The van der Waals surface area contributed by atoms with E-state index in [2.05, 4.69) is 16.1 Å².